The van der Waals surface area contributed by atoms with Crippen molar-refractivity contribution in [2.45, 2.75) is 52.4 Å². The van der Waals surface area contributed by atoms with Crippen molar-refractivity contribution in [2.75, 3.05) is 19.8 Å². The Hall–Kier alpha value is -0.0800. The minimum Gasteiger partial charge on any atom is -0.380 e. The Morgan fingerprint density at radius 1 is 1.14 bits per heavy atom. The largest absolute Gasteiger partial charge is 0.380 e. The molecule has 0 aliphatic carbocycles. The Balaban J connectivity index is 3.06. The van der Waals surface area contributed by atoms with Crippen molar-refractivity contribution in [2.24, 2.45) is 11.7 Å². The van der Waals surface area contributed by atoms with Crippen LogP contribution >= 0.6 is 0 Å². The second kappa shape index (κ2) is 11.0. The van der Waals surface area contributed by atoms with Crippen molar-refractivity contribution in [3.63, 3.8) is 0 Å². The van der Waals surface area contributed by atoms with Gasteiger partial charge in [0.2, 0.25) is 0 Å². The maximum atomic E-state index is 5.40. The van der Waals surface area contributed by atoms with E-state index in [-0.39, 0.29) is 0 Å². The van der Waals surface area contributed by atoms with E-state index in [1.165, 1.54) is 38.5 Å². The third-order valence-electron chi connectivity index (χ3n) is 2.47. The molecule has 0 amide bonds. The van der Waals surface area contributed by atoms with Gasteiger partial charge in [-0.15, -0.1) is 0 Å². The van der Waals surface area contributed by atoms with Crippen molar-refractivity contribution in [3.05, 3.63) is 0 Å². The summed E-state index contributed by atoms with van der Waals surface area (Å²) < 4.78 is 5.40. The minimum absolute atomic E-state index is 0.642. The van der Waals surface area contributed by atoms with E-state index in [0.717, 1.165) is 6.61 Å². The van der Waals surface area contributed by atoms with E-state index in [1.807, 2.05) is 0 Å². The van der Waals surface area contributed by atoms with Gasteiger partial charge in [-0.3, -0.25) is 0 Å². The van der Waals surface area contributed by atoms with Gasteiger partial charge in [0, 0.05) is 13.2 Å². The Bertz CT molecular complexity index is 106. The van der Waals surface area contributed by atoms with E-state index in [1.54, 1.807) is 0 Å². The van der Waals surface area contributed by atoms with Gasteiger partial charge in [-0.2, -0.15) is 0 Å². The van der Waals surface area contributed by atoms with Gasteiger partial charge in [0.05, 0.1) is 6.61 Å². The summed E-state index contributed by atoms with van der Waals surface area (Å²) in [5.74, 6) is 0.697. The fraction of sp³-hybridized carbons (Fsp3) is 1.00. The molecule has 0 fully saturated rings. The van der Waals surface area contributed by atoms with Crippen LogP contribution in [0.4, 0.5) is 0 Å². The summed E-state index contributed by atoms with van der Waals surface area (Å²) in [6, 6.07) is 0. The average molecular weight is 201 g/mol. The Morgan fingerprint density at radius 2 is 1.86 bits per heavy atom. The Kier molecular flexibility index (Phi) is 10.9. The second-order valence-corrected chi connectivity index (χ2v) is 4.17. The number of rotatable bonds is 10. The highest BCUT2D eigenvalue weighted by molar-refractivity contribution is 4.52. The highest BCUT2D eigenvalue weighted by Crippen LogP contribution is 2.11. The lowest BCUT2D eigenvalue weighted by Gasteiger charge is -2.11. The first kappa shape index (κ1) is 13.9. The molecule has 14 heavy (non-hydrogen) atoms. The summed E-state index contributed by atoms with van der Waals surface area (Å²) in [5.41, 5.74) is 5.34. The second-order valence-electron chi connectivity index (χ2n) is 4.17. The summed E-state index contributed by atoms with van der Waals surface area (Å²) in [6.07, 6.45) is 8.15. The fourth-order valence-electron chi connectivity index (χ4n) is 1.55. The molecular formula is C12H27NO. The molecule has 2 N–H and O–H groups in total. The zero-order valence-corrected chi connectivity index (χ0v) is 9.93. The molecule has 0 radical (unpaired) electrons. The lowest BCUT2D eigenvalue weighted by molar-refractivity contribution is 0.107. The summed E-state index contributed by atoms with van der Waals surface area (Å²) in [6.45, 7) is 6.74. The lowest BCUT2D eigenvalue weighted by Crippen LogP contribution is -2.13. The number of ether oxygens (including phenoxy) is 1. The maximum absolute atomic E-state index is 5.40. The Labute approximate surface area is 89.2 Å². The van der Waals surface area contributed by atoms with Crippen molar-refractivity contribution in [1.29, 1.82) is 0 Å². The van der Waals surface area contributed by atoms with Gasteiger partial charge in [-0.05, 0) is 12.3 Å². The molecule has 2 nitrogen and oxygen atoms in total. The van der Waals surface area contributed by atoms with E-state index in [4.69, 9.17) is 10.5 Å². The maximum Gasteiger partial charge on any atom is 0.0588 e. The van der Waals surface area contributed by atoms with Crippen LogP contribution in [-0.4, -0.2) is 19.8 Å². The van der Waals surface area contributed by atoms with E-state index in [9.17, 15) is 0 Å². The smallest absolute Gasteiger partial charge is 0.0588 e. The molecule has 0 aliphatic heterocycles. The molecule has 0 spiro atoms. The normalized spacial score (nSPS) is 13.1. The average Bonchev–Trinajstić information content (AvgIpc) is 2.18. The Morgan fingerprint density at radius 3 is 2.50 bits per heavy atom. The molecule has 0 aromatic rings. The SMILES string of the molecule is CCCCCCCC(C)COCCN. The number of hydrogen-bond donors (Lipinski definition) is 1. The molecule has 0 saturated carbocycles. The van der Waals surface area contributed by atoms with Crippen LogP contribution in [0.5, 0.6) is 0 Å². The first-order valence-corrected chi connectivity index (χ1v) is 6.09. The van der Waals surface area contributed by atoms with Crippen LogP contribution in [-0.2, 0) is 4.74 Å². The van der Waals surface area contributed by atoms with Crippen LogP contribution in [0.1, 0.15) is 52.4 Å². The molecule has 0 aromatic heterocycles. The van der Waals surface area contributed by atoms with E-state index < -0.39 is 0 Å². The van der Waals surface area contributed by atoms with E-state index >= 15 is 0 Å². The van der Waals surface area contributed by atoms with Crippen LogP contribution in [0.3, 0.4) is 0 Å². The van der Waals surface area contributed by atoms with Gasteiger partial charge in [0.1, 0.15) is 0 Å². The summed E-state index contributed by atoms with van der Waals surface area (Å²) in [7, 11) is 0. The molecule has 0 bridgehead atoms. The first-order valence-electron chi connectivity index (χ1n) is 6.09. The van der Waals surface area contributed by atoms with Crippen molar-refractivity contribution >= 4 is 0 Å². The van der Waals surface area contributed by atoms with Crippen LogP contribution < -0.4 is 5.73 Å². The van der Waals surface area contributed by atoms with Gasteiger partial charge in [0.15, 0.2) is 0 Å². The van der Waals surface area contributed by atoms with Crippen LogP contribution in [0.25, 0.3) is 0 Å². The van der Waals surface area contributed by atoms with Crippen molar-refractivity contribution in [3.8, 4) is 0 Å². The van der Waals surface area contributed by atoms with Crippen LogP contribution in [0, 0.1) is 5.92 Å². The van der Waals surface area contributed by atoms with Crippen molar-refractivity contribution in [1.82, 2.24) is 0 Å². The van der Waals surface area contributed by atoms with E-state index in [0.29, 0.717) is 19.1 Å². The van der Waals surface area contributed by atoms with Crippen molar-refractivity contribution < 1.29 is 4.74 Å². The highest BCUT2D eigenvalue weighted by Gasteiger charge is 2.01. The predicted molar refractivity (Wildman–Crippen MR) is 62.4 cm³/mol. The van der Waals surface area contributed by atoms with Gasteiger partial charge < -0.3 is 10.5 Å². The third kappa shape index (κ3) is 10.0. The van der Waals surface area contributed by atoms with Gasteiger partial charge in [0.25, 0.3) is 0 Å². The molecule has 86 valence electrons. The molecule has 0 saturated heterocycles. The predicted octanol–water partition coefficient (Wildman–Crippen LogP) is 2.96. The van der Waals surface area contributed by atoms with Crippen LogP contribution in [0.15, 0.2) is 0 Å². The first-order chi connectivity index (χ1) is 6.81. The minimum atomic E-state index is 0.642. The zero-order chi connectivity index (χ0) is 10.6. The standard InChI is InChI=1S/C12H27NO/c1-3-4-5-6-7-8-12(2)11-14-10-9-13/h12H,3-11,13H2,1-2H3. The van der Waals surface area contributed by atoms with Gasteiger partial charge in [-0.1, -0.05) is 46.0 Å². The number of nitrogens with two attached hydrogens (primary N) is 1. The summed E-state index contributed by atoms with van der Waals surface area (Å²) in [4.78, 5) is 0. The number of hydrogen-bond acceptors (Lipinski definition) is 2. The molecule has 0 rings (SSSR count). The fourth-order valence-corrected chi connectivity index (χ4v) is 1.55. The highest BCUT2D eigenvalue weighted by atomic mass is 16.5. The van der Waals surface area contributed by atoms with Gasteiger partial charge in [-0.25, -0.2) is 0 Å². The van der Waals surface area contributed by atoms with Crippen LogP contribution in [0.2, 0.25) is 0 Å². The third-order valence-corrected chi connectivity index (χ3v) is 2.47. The molecule has 2 heteroatoms. The topological polar surface area (TPSA) is 35.2 Å². The monoisotopic (exact) mass is 201 g/mol. The molecule has 1 unspecified atom stereocenters. The molecule has 0 aromatic carbocycles. The number of unbranched alkanes of at least 4 members (excludes halogenated alkanes) is 4. The summed E-state index contributed by atoms with van der Waals surface area (Å²) >= 11 is 0. The lowest BCUT2D eigenvalue weighted by atomic mass is 10.0. The zero-order valence-electron chi connectivity index (χ0n) is 9.93. The summed E-state index contributed by atoms with van der Waals surface area (Å²) in [5, 5.41) is 0. The van der Waals surface area contributed by atoms with E-state index in [2.05, 4.69) is 13.8 Å². The van der Waals surface area contributed by atoms with Gasteiger partial charge >= 0.3 is 0 Å². The quantitative estimate of drug-likeness (QED) is 0.552. The molecule has 1 atom stereocenters. The molecule has 0 aliphatic rings. The molecular weight excluding hydrogens is 174 g/mol. The molecule has 0 heterocycles.